The van der Waals surface area contributed by atoms with Crippen LogP contribution in [-0.2, 0) is 0 Å². The molecule has 0 aliphatic heterocycles. The number of carbonyl (C=O) groups excluding carboxylic acids is 1. The topological polar surface area (TPSA) is 66.1 Å². The standard InChI is InChI=1S/C25H20ClFN4O/c1-28-25(32)17-9-7-16(8-10-17)18-11-12-22(21(27)13-18)31-24-14-23(20(26)15-29-24)30-19-5-3-2-4-6-19/h2-15H,1H3,(H,28,32)(H2,29,30,31). The normalized spacial score (nSPS) is 10.5. The fraction of sp³-hybridized carbons (Fsp3) is 0.0400. The van der Waals surface area contributed by atoms with Crippen LogP contribution in [0.4, 0.5) is 27.3 Å². The van der Waals surface area contributed by atoms with Crippen molar-refractivity contribution >= 4 is 40.4 Å². The van der Waals surface area contributed by atoms with E-state index in [4.69, 9.17) is 11.6 Å². The zero-order chi connectivity index (χ0) is 22.5. The minimum atomic E-state index is -0.424. The summed E-state index contributed by atoms with van der Waals surface area (Å²) in [5, 5.41) is 9.25. The molecule has 1 aromatic heterocycles. The van der Waals surface area contributed by atoms with Crippen LogP contribution in [0, 0.1) is 5.82 Å². The lowest BCUT2D eigenvalue weighted by Crippen LogP contribution is -2.17. The molecule has 1 heterocycles. The molecule has 0 saturated carbocycles. The fourth-order valence-electron chi connectivity index (χ4n) is 3.17. The summed E-state index contributed by atoms with van der Waals surface area (Å²) in [7, 11) is 1.58. The molecule has 0 unspecified atom stereocenters. The van der Waals surface area contributed by atoms with Crippen LogP contribution in [0.2, 0.25) is 5.02 Å². The first-order chi connectivity index (χ1) is 15.5. The van der Waals surface area contributed by atoms with Gasteiger partial charge in [0.25, 0.3) is 5.91 Å². The van der Waals surface area contributed by atoms with Crippen LogP contribution in [0.25, 0.3) is 11.1 Å². The number of carbonyl (C=O) groups is 1. The number of pyridine rings is 1. The molecule has 32 heavy (non-hydrogen) atoms. The SMILES string of the molecule is CNC(=O)c1ccc(-c2ccc(Nc3cc(Nc4ccccc4)c(Cl)cn3)c(F)c2)cc1. The van der Waals surface area contributed by atoms with Crippen molar-refractivity contribution in [2.75, 3.05) is 17.7 Å². The van der Waals surface area contributed by atoms with Gasteiger partial charge in [-0.1, -0.05) is 48.0 Å². The lowest BCUT2D eigenvalue weighted by Gasteiger charge is -2.12. The second-order valence-corrected chi connectivity index (χ2v) is 7.42. The molecule has 0 bridgehead atoms. The molecule has 0 aliphatic carbocycles. The summed E-state index contributed by atoms with van der Waals surface area (Å²) >= 11 is 6.26. The number of anilines is 4. The molecule has 0 atom stereocenters. The smallest absolute Gasteiger partial charge is 0.251 e. The van der Waals surface area contributed by atoms with Gasteiger partial charge in [0.1, 0.15) is 11.6 Å². The highest BCUT2D eigenvalue weighted by atomic mass is 35.5. The van der Waals surface area contributed by atoms with Gasteiger partial charge >= 0.3 is 0 Å². The summed E-state index contributed by atoms with van der Waals surface area (Å²) in [6.45, 7) is 0. The van der Waals surface area contributed by atoms with E-state index in [0.717, 1.165) is 11.3 Å². The molecule has 0 radical (unpaired) electrons. The largest absolute Gasteiger partial charge is 0.355 e. The average molecular weight is 447 g/mol. The Balaban J connectivity index is 1.53. The number of para-hydroxylation sites is 1. The number of hydrogen-bond acceptors (Lipinski definition) is 4. The van der Waals surface area contributed by atoms with Gasteiger partial charge in [0, 0.05) is 24.4 Å². The Morgan fingerprint density at radius 1 is 0.875 bits per heavy atom. The van der Waals surface area contributed by atoms with E-state index in [0.29, 0.717) is 27.7 Å². The van der Waals surface area contributed by atoms with Crippen molar-refractivity contribution in [3.8, 4) is 11.1 Å². The quantitative estimate of drug-likeness (QED) is 0.321. The van der Waals surface area contributed by atoms with Crippen molar-refractivity contribution in [1.29, 1.82) is 0 Å². The number of nitrogens with zero attached hydrogens (tertiary/aromatic N) is 1. The van der Waals surface area contributed by atoms with E-state index >= 15 is 0 Å². The van der Waals surface area contributed by atoms with Crippen LogP contribution >= 0.6 is 11.6 Å². The first-order valence-electron chi connectivity index (χ1n) is 9.90. The van der Waals surface area contributed by atoms with Gasteiger partial charge in [0.05, 0.1) is 22.6 Å². The highest BCUT2D eigenvalue weighted by Crippen LogP contribution is 2.30. The van der Waals surface area contributed by atoms with Gasteiger partial charge in [-0.3, -0.25) is 4.79 Å². The third kappa shape index (κ3) is 4.87. The number of hydrogen-bond donors (Lipinski definition) is 3. The Bertz CT molecular complexity index is 1250. The molecule has 4 rings (SSSR count). The maximum Gasteiger partial charge on any atom is 0.251 e. The Hall–Kier alpha value is -3.90. The van der Waals surface area contributed by atoms with E-state index in [1.165, 1.54) is 12.3 Å². The Morgan fingerprint density at radius 2 is 1.59 bits per heavy atom. The zero-order valence-electron chi connectivity index (χ0n) is 17.2. The summed E-state index contributed by atoms with van der Waals surface area (Å²) in [6.07, 6.45) is 1.51. The minimum absolute atomic E-state index is 0.168. The highest BCUT2D eigenvalue weighted by molar-refractivity contribution is 6.33. The number of rotatable bonds is 6. The first kappa shape index (κ1) is 21.3. The summed E-state index contributed by atoms with van der Waals surface area (Å²) in [6, 6.07) is 23.2. The van der Waals surface area contributed by atoms with Crippen molar-refractivity contribution < 1.29 is 9.18 Å². The molecule has 3 N–H and O–H groups in total. The van der Waals surface area contributed by atoms with Gasteiger partial charge < -0.3 is 16.0 Å². The van der Waals surface area contributed by atoms with Crippen LogP contribution in [0.15, 0.2) is 85.1 Å². The zero-order valence-corrected chi connectivity index (χ0v) is 18.0. The summed E-state index contributed by atoms with van der Waals surface area (Å²) < 4.78 is 14.8. The minimum Gasteiger partial charge on any atom is -0.355 e. The van der Waals surface area contributed by atoms with E-state index in [1.54, 1.807) is 49.5 Å². The number of halogens is 2. The first-order valence-corrected chi connectivity index (χ1v) is 10.3. The lowest BCUT2D eigenvalue weighted by atomic mass is 10.0. The number of benzene rings is 3. The van der Waals surface area contributed by atoms with E-state index in [-0.39, 0.29) is 11.6 Å². The fourth-order valence-corrected chi connectivity index (χ4v) is 3.32. The third-order valence-electron chi connectivity index (χ3n) is 4.85. The molecule has 160 valence electrons. The van der Waals surface area contributed by atoms with Crippen molar-refractivity contribution in [2.24, 2.45) is 0 Å². The van der Waals surface area contributed by atoms with Crippen LogP contribution in [0.1, 0.15) is 10.4 Å². The van der Waals surface area contributed by atoms with Gasteiger partial charge in [-0.25, -0.2) is 9.37 Å². The molecule has 3 aromatic carbocycles. The monoisotopic (exact) mass is 446 g/mol. The van der Waals surface area contributed by atoms with Crippen molar-refractivity contribution in [1.82, 2.24) is 10.3 Å². The van der Waals surface area contributed by atoms with E-state index in [9.17, 15) is 9.18 Å². The number of aromatic nitrogens is 1. The maximum atomic E-state index is 14.8. The highest BCUT2D eigenvalue weighted by Gasteiger charge is 2.10. The van der Waals surface area contributed by atoms with Gasteiger partial charge in [0.15, 0.2) is 0 Å². The predicted octanol–water partition coefficient (Wildman–Crippen LogP) is 6.39. The molecule has 0 fully saturated rings. The van der Waals surface area contributed by atoms with Crippen LogP contribution < -0.4 is 16.0 Å². The van der Waals surface area contributed by atoms with Gasteiger partial charge in [-0.2, -0.15) is 0 Å². The van der Waals surface area contributed by atoms with Crippen LogP contribution in [0.3, 0.4) is 0 Å². The average Bonchev–Trinajstić information content (AvgIpc) is 2.82. The summed E-state index contributed by atoms with van der Waals surface area (Å²) in [5.74, 6) is -0.138. The Labute approximate surface area is 190 Å². The lowest BCUT2D eigenvalue weighted by molar-refractivity contribution is 0.0963. The Kier molecular flexibility index (Phi) is 6.33. The van der Waals surface area contributed by atoms with Crippen molar-refractivity contribution in [3.63, 3.8) is 0 Å². The third-order valence-corrected chi connectivity index (χ3v) is 5.15. The summed E-state index contributed by atoms with van der Waals surface area (Å²) in [4.78, 5) is 15.9. The molecule has 0 saturated heterocycles. The van der Waals surface area contributed by atoms with Gasteiger partial charge in [-0.05, 0) is 47.5 Å². The van der Waals surface area contributed by atoms with Crippen molar-refractivity contribution in [2.45, 2.75) is 0 Å². The molecular weight excluding hydrogens is 427 g/mol. The van der Waals surface area contributed by atoms with E-state index < -0.39 is 5.82 Å². The maximum absolute atomic E-state index is 14.8. The molecule has 1 amide bonds. The van der Waals surface area contributed by atoms with Crippen LogP contribution in [0.5, 0.6) is 0 Å². The van der Waals surface area contributed by atoms with E-state index in [2.05, 4.69) is 20.9 Å². The molecule has 0 aliphatic rings. The van der Waals surface area contributed by atoms with Gasteiger partial charge in [-0.15, -0.1) is 0 Å². The second kappa shape index (κ2) is 9.49. The number of amides is 1. The second-order valence-electron chi connectivity index (χ2n) is 7.02. The van der Waals surface area contributed by atoms with E-state index in [1.807, 2.05) is 30.3 Å². The van der Waals surface area contributed by atoms with Crippen LogP contribution in [-0.4, -0.2) is 17.9 Å². The number of nitrogens with one attached hydrogen (secondary N) is 3. The summed E-state index contributed by atoms with van der Waals surface area (Å²) in [5.41, 5.74) is 3.88. The molecule has 5 nitrogen and oxygen atoms in total. The molecule has 4 aromatic rings. The predicted molar refractivity (Wildman–Crippen MR) is 127 cm³/mol. The van der Waals surface area contributed by atoms with Crippen molar-refractivity contribution in [3.05, 3.63) is 101 Å². The molecule has 0 spiro atoms. The van der Waals surface area contributed by atoms with Gasteiger partial charge in [0.2, 0.25) is 0 Å². The molecular formula is C25H20ClFN4O. The Morgan fingerprint density at radius 3 is 2.28 bits per heavy atom. The molecule has 7 heteroatoms.